The average Bonchev–Trinajstić information content (AvgIpc) is 2.75. The summed E-state index contributed by atoms with van der Waals surface area (Å²) in [4.78, 5) is 13.1. The monoisotopic (exact) mass is 286 g/mol. The van der Waals surface area contributed by atoms with Crippen LogP contribution in [0.4, 0.5) is 0 Å². The Balaban J connectivity index is 2.16. The number of carbonyl (C=O) groups excluding carboxylic acids is 1. The summed E-state index contributed by atoms with van der Waals surface area (Å²) < 4.78 is 1.06. The summed E-state index contributed by atoms with van der Waals surface area (Å²) >= 11 is 7.80. The van der Waals surface area contributed by atoms with Crippen LogP contribution >= 0.6 is 22.9 Å². The minimum Gasteiger partial charge on any atom is -0.288 e. The number of fused-ring (bicyclic) bond motifs is 1. The fourth-order valence-electron chi connectivity index (χ4n) is 2.04. The minimum absolute atomic E-state index is 0.00977. The van der Waals surface area contributed by atoms with Crippen LogP contribution < -0.4 is 0 Å². The molecule has 1 nitrogen and oxygen atoms in total. The van der Waals surface area contributed by atoms with Gasteiger partial charge in [0.1, 0.15) is 0 Å². The molecule has 0 fully saturated rings. The highest BCUT2D eigenvalue weighted by Crippen LogP contribution is 2.37. The zero-order valence-corrected chi connectivity index (χ0v) is 11.9. The van der Waals surface area contributed by atoms with Crippen LogP contribution in [0.5, 0.6) is 0 Å². The van der Waals surface area contributed by atoms with Crippen molar-refractivity contribution in [1.29, 1.82) is 0 Å². The van der Waals surface area contributed by atoms with Crippen molar-refractivity contribution in [2.24, 2.45) is 0 Å². The number of ketones is 1. The molecule has 0 aliphatic heterocycles. The molecule has 0 radical (unpaired) electrons. The standard InChI is InChI=1S/C16H11ClOS/c1-10-7-8-12-13(9-10)19-16(14(12)17)15(18)11-5-3-2-4-6-11/h2-9H,1H3. The summed E-state index contributed by atoms with van der Waals surface area (Å²) in [6, 6.07) is 15.3. The number of halogens is 1. The molecule has 0 aliphatic carbocycles. The first kappa shape index (κ1) is 12.4. The van der Waals surface area contributed by atoms with Crippen molar-refractivity contribution >= 4 is 38.8 Å². The van der Waals surface area contributed by atoms with E-state index in [1.807, 2.05) is 49.4 Å². The number of hydrogen-bond acceptors (Lipinski definition) is 2. The Morgan fingerprint density at radius 3 is 2.58 bits per heavy atom. The van der Waals surface area contributed by atoms with Gasteiger partial charge >= 0.3 is 0 Å². The van der Waals surface area contributed by atoms with E-state index in [0.717, 1.165) is 10.1 Å². The highest BCUT2D eigenvalue weighted by molar-refractivity contribution is 7.21. The quantitative estimate of drug-likeness (QED) is 0.599. The summed E-state index contributed by atoms with van der Waals surface area (Å²) in [5.41, 5.74) is 1.84. The Bertz CT molecular complexity index is 759. The van der Waals surface area contributed by atoms with Crippen molar-refractivity contribution in [2.75, 3.05) is 0 Å². The number of benzene rings is 2. The van der Waals surface area contributed by atoms with Gasteiger partial charge in [0, 0.05) is 15.6 Å². The van der Waals surface area contributed by atoms with Crippen LogP contribution in [0.3, 0.4) is 0 Å². The van der Waals surface area contributed by atoms with Crippen LogP contribution in [0.1, 0.15) is 20.8 Å². The third-order valence-electron chi connectivity index (χ3n) is 3.03. The zero-order chi connectivity index (χ0) is 13.4. The Kier molecular flexibility index (Phi) is 3.13. The highest BCUT2D eigenvalue weighted by atomic mass is 35.5. The second-order valence-corrected chi connectivity index (χ2v) is 5.87. The number of carbonyl (C=O) groups is 1. The van der Waals surface area contributed by atoms with E-state index in [-0.39, 0.29) is 5.78 Å². The number of aryl methyl sites for hydroxylation is 1. The van der Waals surface area contributed by atoms with Crippen molar-refractivity contribution in [3.05, 3.63) is 69.6 Å². The molecule has 0 saturated heterocycles. The molecule has 0 bridgehead atoms. The van der Waals surface area contributed by atoms with Crippen LogP contribution in [0.15, 0.2) is 48.5 Å². The lowest BCUT2D eigenvalue weighted by Gasteiger charge is -1.98. The van der Waals surface area contributed by atoms with E-state index in [9.17, 15) is 4.79 Å². The predicted octanol–water partition coefficient (Wildman–Crippen LogP) is 5.09. The Morgan fingerprint density at radius 1 is 1.11 bits per heavy atom. The first-order valence-corrected chi connectivity index (χ1v) is 7.14. The van der Waals surface area contributed by atoms with Gasteiger partial charge in [-0.1, -0.05) is 54.1 Å². The van der Waals surface area contributed by atoms with E-state index in [0.29, 0.717) is 15.5 Å². The minimum atomic E-state index is -0.00977. The van der Waals surface area contributed by atoms with E-state index in [2.05, 4.69) is 6.07 Å². The summed E-state index contributed by atoms with van der Waals surface area (Å²) in [5, 5.41) is 1.52. The Labute approximate surface area is 120 Å². The summed E-state index contributed by atoms with van der Waals surface area (Å²) in [6.45, 7) is 2.03. The first-order chi connectivity index (χ1) is 9.16. The zero-order valence-electron chi connectivity index (χ0n) is 10.3. The largest absolute Gasteiger partial charge is 0.288 e. The van der Waals surface area contributed by atoms with E-state index < -0.39 is 0 Å². The second-order valence-electron chi connectivity index (χ2n) is 4.44. The molecule has 94 valence electrons. The van der Waals surface area contributed by atoms with Crippen LogP contribution in [-0.2, 0) is 0 Å². The Morgan fingerprint density at radius 2 is 1.84 bits per heavy atom. The normalized spacial score (nSPS) is 10.8. The van der Waals surface area contributed by atoms with E-state index >= 15 is 0 Å². The fourth-order valence-corrected chi connectivity index (χ4v) is 3.62. The summed E-state index contributed by atoms with van der Waals surface area (Å²) in [6.07, 6.45) is 0. The van der Waals surface area contributed by atoms with Gasteiger partial charge in [-0.2, -0.15) is 0 Å². The fraction of sp³-hybridized carbons (Fsp3) is 0.0625. The number of rotatable bonds is 2. The maximum atomic E-state index is 12.4. The van der Waals surface area contributed by atoms with Gasteiger partial charge < -0.3 is 0 Å². The van der Waals surface area contributed by atoms with Gasteiger partial charge in [0.15, 0.2) is 0 Å². The summed E-state index contributed by atoms with van der Waals surface area (Å²) in [7, 11) is 0. The van der Waals surface area contributed by atoms with Crippen molar-refractivity contribution in [3.63, 3.8) is 0 Å². The number of thiophene rings is 1. The SMILES string of the molecule is Cc1ccc2c(Cl)c(C(=O)c3ccccc3)sc2c1. The maximum absolute atomic E-state index is 12.4. The van der Waals surface area contributed by atoms with Crippen molar-refractivity contribution in [1.82, 2.24) is 0 Å². The molecule has 3 heteroatoms. The molecule has 1 aromatic heterocycles. The molecule has 2 aromatic carbocycles. The third-order valence-corrected chi connectivity index (χ3v) is 4.68. The topological polar surface area (TPSA) is 17.1 Å². The van der Waals surface area contributed by atoms with Gasteiger partial charge in [-0.25, -0.2) is 0 Å². The lowest BCUT2D eigenvalue weighted by Crippen LogP contribution is -1.98. The molecule has 0 saturated carbocycles. The Hall–Kier alpha value is -1.64. The molecular formula is C16H11ClOS. The van der Waals surface area contributed by atoms with Crippen LogP contribution in [0, 0.1) is 6.92 Å². The molecule has 3 aromatic rings. The number of hydrogen-bond donors (Lipinski definition) is 0. The average molecular weight is 287 g/mol. The van der Waals surface area contributed by atoms with Crippen LogP contribution in [-0.4, -0.2) is 5.78 Å². The molecule has 0 N–H and O–H groups in total. The van der Waals surface area contributed by atoms with Gasteiger partial charge in [0.2, 0.25) is 5.78 Å². The van der Waals surface area contributed by atoms with Crippen LogP contribution in [0.2, 0.25) is 5.02 Å². The molecule has 0 unspecified atom stereocenters. The molecule has 0 amide bonds. The first-order valence-electron chi connectivity index (χ1n) is 5.95. The van der Waals surface area contributed by atoms with Crippen molar-refractivity contribution in [3.8, 4) is 0 Å². The van der Waals surface area contributed by atoms with E-state index in [4.69, 9.17) is 11.6 Å². The van der Waals surface area contributed by atoms with Gasteiger partial charge in [-0.3, -0.25) is 4.79 Å². The molecule has 0 spiro atoms. The van der Waals surface area contributed by atoms with E-state index in [1.165, 1.54) is 16.9 Å². The van der Waals surface area contributed by atoms with Crippen molar-refractivity contribution < 1.29 is 4.79 Å². The third kappa shape index (κ3) is 2.18. The lowest BCUT2D eigenvalue weighted by atomic mass is 10.1. The molecular weight excluding hydrogens is 276 g/mol. The molecule has 3 rings (SSSR count). The maximum Gasteiger partial charge on any atom is 0.204 e. The lowest BCUT2D eigenvalue weighted by molar-refractivity contribution is 0.104. The summed E-state index contributed by atoms with van der Waals surface area (Å²) in [5.74, 6) is -0.00977. The van der Waals surface area contributed by atoms with Gasteiger partial charge in [-0.05, 0) is 18.6 Å². The van der Waals surface area contributed by atoms with Gasteiger partial charge in [0.25, 0.3) is 0 Å². The molecule has 19 heavy (non-hydrogen) atoms. The highest BCUT2D eigenvalue weighted by Gasteiger charge is 2.18. The van der Waals surface area contributed by atoms with Crippen LogP contribution in [0.25, 0.3) is 10.1 Å². The molecule has 0 atom stereocenters. The predicted molar refractivity (Wildman–Crippen MR) is 81.4 cm³/mol. The van der Waals surface area contributed by atoms with E-state index in [1.54, 1.807) is 0 Å². The molecule has 0 aliphatic rings. The molecule has 1 heterocycles. The van der Waals surface area contributed by atoms with Crippen molar-refractivity contribution in [2.45, 2.75) is 6.92 Å². The van der Waals surface area contributed by atoms with Gasteiger partial charge in [-0.15, -0.1) is 11.3 Å². The smallest absolute Gasteiger partial charge is 0.204 e. The second kappa shape index (κ2) is 4.80. The van der Waals surface area contributed by atoms with Gasteiger partial charge in [0.05, 0.1) is 9.90 Å².